The highest BCUT2D eigenvalue weighted by Gasteiger charge is 2.54. The van der Waals surface area contributed by atoms with Crippen molar-refractivity contribution in [1.82, 2.24) is 10.6 Å². The molecule has 13 heavy (non-hydrogen) atoms. The van der Waals surface area contributed by atoms with E-state index in [4.69, 9.17) is 0 Å². The van der Waals surface area contributed by atoms with E-state index in [1.165, 1.54) is 0 Å². The van der Waals surface area contributed by atoms with E-state index in [2.05, 4.69) is 17.6 Å². The summed E-state index contributed by atoms with van der Waals surface area (Å²) in [6.07, 6.45) is 1.78. The average molecular weight is 182 g/mol. The van der Waals surface area contributed by atoms with Gasteiger partial charge in [0.15, 0.2) is 0 Å². The molecule has 1 saturated heterocycles. The van der Waals surface area contributed by atoms with Crippen molar-refractivity contribution in [2.24, 2.45) is 11.8 Å². The van der Waals surface area contributed by atoms with Crippen molar-refractivity contribution in [1.29, 1.82) is 0 Å². The van der Waals surface area contributed by atoms with E-state index in [-0.39, 0.29) is 17.9 Å². The molecule has 0 aromatic carbocycles. The number of urea groups is 1. The molecular weight excluding hydrogens is 168 g/mol. The van der Waals surface area contributed by atoms with Crippen LogP contribution in [0.4, 0.5) is 4.79 Å². The Morgan fingerprint density at radius 2 is 2.08 bits per heavy atom. The van der Waals surface area contributed by atoms with Gasteiger partial charge in [0.1, 0.15) is 5.54 Å². The van der Waals surface area contributed by atoms with Crippen LogP contribution in [-0.2, 0) is 4.79 Å². The smallest absolute Gasteiger partial charge is 0.322 e. The fourth-order valence-corrected chi connectivity index (χ4v) is 2.42. The molecule has 0 bridgehead atoms. The van der Waals surface area contributed by atoms with Crippen LogP contribution in [0.5, 0.6) is 0 Å². The zero-order valence-corrected chi connectivity index (χ0v) is 7.89. The normalized spacial score (nSPS) is 43.8. The van der Waals surface area contributed by atoms with Gasteiger partial charge in [-0.1, -0.05) is 13.8 Å². The van der Waals surface area contributed by atoms with Gasteiger partial charge in [-0.2, -0.15) is 0 Å². The monoisotopic (exact) mass is 182 g/mol. The molecule has 72 valence electrons. The fourth-order valence-electron chi connectivity index (χ4n) is 2.42. The van der Waals surface area contributed by atoms with E-state index in [0.717, 1.165) is 12.8 Å². The zero-order chi connectivity index (χ0) is 9.64. The van der Waals surface area contributed by atoms with Crippen LogP contribution in [0, 0.1) is 11.8 Å². The lowest BCUT2D eigenvalue weighted by molar-refractivity contribution is -0.125. The molecule has 2 rings (SSSR count). The molecule has 1 saturated carbocycles. The molecule has 1 heterocycles. The molecular formula is C9H14N2O2. The minimum Gasteiger partial charge on any atom is -0.323 e. The van der Waals surface area contributed by atoms with E-state index in [0.29, 0.717) is 5.92 Å². The third kappa shape index (κ3) is 0.975. The number of nitrogens with one attached hydrogen (secondary N) is 2. The van der Waals surface area contributed by atoms with Crippen LogP contribution in [0.15, 0.2) is 0 Å². The maximum Gasteiger partial charge on any atom is 0.322 e. The first-order valence-electron chi connectivity index (χ1n) is 4.70. The Labute approximate surface area is 77.1 Å². The number of imide groups is 1. The Bertz CT molecular complexity index is 277. The SMILES string of the molecule is CC1CCC2(NC(=O)NC2=O)C1C. The topological polar surface area (TPSA) is 58.2 Å². The first kappa shape index (κ1) is 8.53. The third-order valence-electron chi connectivity index (χ3n) is 3.59. The zero-order valence-electron chi connectivity index (χ0n) is 7.89. The summed E-state index contributed by atoms with van der Waals surface area (Å²) in [5.41, 5.74) is -0.601. The summed E-state index contributed by atoms with van der Waals surface area (Å²) in [4.78, 5) is 22.6. The first-order valence-corrected chi connectivity index (χ1v) is 4.70. The predicted molar refractivity (Wildman–Crippen MR) is 47.0 cm³/mol. The molecule has 2 fully saturated rings. The van der Waals surface area contributed by atoms with Gasteiger partial charge in [-0.15, -0.1) is 0 Å². The fraction of sp³-hybridized carbons (Fsp3) is 0.778. The lowest BCUT2D eigenvalue weighted by Crippen LogP contribution is -2.49. The lowest BCUT2D eigenvalue weighted by atomic mass is 9.85. The molecule has 4 heteroatoms. The van der Waals surface area contributed by atoms with Gasteiger partial charge >= 0.3 is 6.03 Å². The predicted octanol–water partition coefficient (Wildman–Crippen LogP) is 0.631. The van der Waals surface area contributed by atoms with Crippen molar-refractivity contribution in [3.8, 4) is 0 Å². The molecule has 3 atom stereocenters. The summed E-state index contributed by atoms with van der Waals surface area (Å²) in [6.45, 7) is 4.15. The number of rotatable bonds is 0. The maximum absolute atomic E-state index is 11.6. The molecule has 0 aromatic heterocycles. The van der Waals surface area contributed by atoms with E-state index in [1.807, 2.05) is 6.92 Å². The van der Waals surface area contributed by atoms with Gasteiger partial charge in [0.25, 0.3) is 5.91 Å². The summed E-state index contributed by atoms with van der Waals surface area (Å²) < 4.78 is 0. The number of carbonyl (C=O) groups is 2. The molecule has 0 radical (unpaired) electrons. The second kappa shape index (κ2) is 2.47. The Balaban J connectivity index is 2.31. The summed E-state index contributed by atoms with van der Waals surface area (Å²) in [5.74, 6) is 0.595. The average Bonchev–Trinajstić information content (AvgIpc) is 2.49. The van der Waals surface area contributed by atoms with E-state index in [9.17, 15) is 9.59 Å². The van der Waals surface area contributed by atoms with Crippen LogP contribution in [-0.4, -0.2) is 17.5 Å². The van der Waals surface area contributed by atoms with Crippen LogP contribution in [0.25, 0.3) is 0 Å². The Morgan fingerprint density at radius 3 is 2.46 bits per heavy atom. The second-order valence-electron chi connectivity index (χ2n) is 4.18. The second-order valence-corrected chi connectivity index (χ2v) is 4.18. The number of hydrogen-bond acceptors (Lipinski definition) is 2. The molecule has 1 aliphatic carbocycles. The van der Waals surface area contributed by atoms with Crippen LogP contribution in [0.1, 0.15) is 26.7 Å². The van der Waals surface area contributed by atoms with Crippen molar-refractivity contribution in [2.75, 3.05) is 0 Å². The van der Waals surface area contributed by atoms with Gasteiger partial charge in [-0.05, 0) is 24.7 Å². The molecule has 3 unspecified atom stereocenters. The van der Waals surface area contributed by atoms with Crippen molar-refractivity contribution < 1.29 is 9.59 Å². The Kier molecular flexibility index (Phi) is 1.62. The third-order valence-corrected chi connectivity index (χ3v) is 3.59. The number of hydrogen-bond donors (Lipinski definition) is 2. The van der Waals surface area contributed by atoms with E-state index < -0.39 is 5.54 Å². The van der Waals surface area contributed by atoms with Crippen molar-refractivity contribution in [3.63, 3.8) is 0 Å². The standard InChI is InChI=1S/C9H14N2O2/c1-5-3-4-9(6(5)2)7(12)10-8(13)11-9/h5-6H,3-4H2,1-2H3,(H2,10,11,12,13). The number of carbonyl (C=O) groups excluding carboxylic acids is 2. The van der Waals surface area contributed by atoms with Gasteiger partial charge in [-0.3, -0.25) is 10.1 Å². The molecule has 3 amide bonds. The minimum atomic E-state index is -0.601. The molecule has 4 nitrogen and oxygen atoms in total. The number of amides is 3. The lowest BCUT2D eigenvalue weighted by Gasteiger charge is -2.26. The summed E-state index contributed by atoms with van der Waals surface area (Å²) in [7, 11) is 0. The van der Waals surface area contributed by atoms with Crippen LogP contribution in [0.3, 0.4) is 0 Å². The van der Waals surface area contributed by atoms with E-state index in [1.54, 1.807) is 0 Å². The van der Waals surface area contributed by atoms with Gasteiger partial charge in [0, 0.05) is 0 Å². The van der Waals surface area contributed by atoms with Gasteiger partial charge in [-0.25, -0.2) is 4.79 Å². The van der Waals surface area contributed by atoms with Crippen molar-refractivity contribution >= 4 is 11.9 Å². The highest BCUT2D eigenvalue weighted by molar-refractivity contribution is 6.07. The highest BCUT2D eigenvalue weighted by atomic mass is 16.2. The van der Waals surface area contributed by atoms with Crippen molar-refractivity contribution in [3.05, 3.63) is 0 Å². The molecule has 0 aromatic rings. The van der Waals surface area contributed by atoms with Crippen molar-refractivity contribution in [2.45, 2.75) is 32.2 Å². The summed E-state index contributed by atoms with van der Waals surface area (Å²) in [6, 6.07) is -0.342. The van der Waals surface area contributed by atoms with Crippen LogP contribution >= 0.6 is 0 Å². The molecule has 2 N–H and O–H groups in total. The summed E-state index contributed by atoms with van der Waals surface area (Å²) in [5, 5.41) is 5.07. The first-order chi connectivity index (χ1) is 6.06. The van der Waals surface area contributed by atoms with Gasteiger partial charge < -0.3 is 5.32 Å². The highest BCUT2D eigenvalue weighted by Crippen LogP contribution is 2.41. The maximum atomic E-state index is 11.6. The molecule has 2 aliphatic rings. The quantitative estimate of drug-likeness (QED) is 0.540. The summed E-state index contributed by atoms with van der Waals surface area (Å²) >= 11 is 0. The molecule has 1 spiro atoms. The van der Waals surface area contributed by atoms with Crippen LogP contribution in [0.2, 0.25) is 0 Å². The van der Waals surface area contributed by atoms with Crippen LogP contribution < -0.4 is 10.6 Å². The minimum absolute atomic E-state index is 0.144. The van der Waals surface area contributed by atoms with Gasteiger partial charge in [0.05, 0.1) is 0 Å². The van der Waals surface area contributed by atoms with E-state index >= 15 is 0 Å². The Hall–Kier alpha value is -1.06. The largest absolute Gasteiger partial charge is 0.323 e. The Morgan fingerprint density at radius 1 is 1.38 bits per heavy atom. The molecule has 1 aliphatic heterocycles. The van der Waals surface area contributed by atoms with Gasteiger partial charge in [0.2, 0.25) is 0 Å².